The molecule has 5 atom stereocenters. The average molecular weight is 389 g/mol. The van der Waals surface area contributed by atoms with Crippen molar-refractivity contribution in [3.63, 3.8) is 0 Å². The molecule has 4 rings (SSSR count). The predicted molar refractivity (Wildman–Crippen MR) is 100 cm³/mol. The molecule has 0 radical (unpaired) electrons. The van der Waals surface area contributed by atoms with Gasteiger partial charge in [-0.1, -0.05) is 35.9 Å². The molecule has 2 amide bonds. The number of aliphatic carboxylic acids is 1. The van der Waals surface area contributed by atoms with Gasteiger partial charge >= 0.3 is 5.97 Å². The van der Waals surface area contributed by atoms with E-state index in [1.54, 1.807) is 23.1 Å². The number of halogens is 1. The van der Waals surface area contributed by atoms with E-state index in [1.165, 1.54) is 0 Å². The second kappa shape index (κ2) is 7.00. The number of nitrogens with zero attached hydrogens (tertiary/aromatic N) is 1. The van der Waals surface area contributed by atoms with Crippen LogP contribution in [-0.2, 0) is 14.4 Å². The van der Waals surface area contributed by atoms with Crippen molar-refractivity contribution in [3.05, 3.63) is 41.4 Å². The molecular weight excluding hydrogens is 368 g/mol. The molecule has 142 valence electrons. The van der Waals surface area contributed by atoms with Crippen LogP contribution in [-0.4, -0.2) is 35.5 Å². The van der Waals surface area contributed by atoms with Gasteiger partial charge in [-0.3, -0.25) is 14.4 Å². The first-order chi connectivity index (χ1) is 13.0. The third-order valence-electron chi connectivity index (χ3n) is 5.95. The Morgan fingerprint density at radius 2 is 1.85 bits per heavy atom. The Bertz CT molecular complexity index is 824. The molecule has 1 aliphatic heterocycles. The Hall–Kier alpha value is -2.34. The van der Waals surface area contributed by atoms with Gasteiger partial charge in [0.2, 0.25) is 11.8 Å². The number of carbonyl (C=O) groups is 3. The van der Waals surface area contributed by atoms with Gasteiger partial charge in [0.25, 0.3) is 0 Å². The Labute approximate surface area is 162 Å². The van der Waals surface area contributed by atoms with Crippen LogP contribution < -0.4 is 10.2 Å². The molecule has 6 nitrogen and oxygen atoms in total. The standard InChI is InChI=1S/C20H21ClN2O4/c21-13-4-1-2-6-15(13)23-9-3-5-14(19(23)25)22-18(24)16-11-7-8-12(10-11)17(16)20(26)27/h1-2,4,6-8,11-12,14,16-17H,3,5,9-10H2,(H,22,24)(H,26,27). The topological polar surface area (TPSA) is 86.7 Å². The van der Waals surface area contributed by atoms with Crippen LogP contribution in [0.3, 0.4) is 0 Å². The second-order valence-corrected chi connectivity index (χ2v) is 7.89. The largest absolute Gasteiger partial charge is 0.481 e. The summed E-state index contributed by atoms with van der Waals surface area (Å²) in [6.45, 7) is 0.545. The Kier molecular flexibility index (Phi) is 4.68. The molecule has 1 heterocycles. The monoisotopic (exact) mass is 388 g/mol. The van der Waals surface area contributed by atoms with Crippen molar-refractivity contribution in [2.45, 2.75) is 25.3 Å². The number of carboxylic acids is 1. The van der Waals surface area contributed by atoms with Crippen LogP contribution in [0.25, 0.3) is 0 Å². The molecule has 2 fully saturated rings. The average Bonchev–Trinajstić information content (AvgIpc) is 3.25. The van der Waals surface area contributed by atoms with Crippen molar-refractivity contribution in [2.24, 2.45) is 23.7 Å². The van der Waals surface area contributed by atoms with Crippen molar-refractivity contribution in [1.82, 2.24) is 5.32 Å². The van der Waals surface area contributed by atoms with Crippen LogP contribution in [0.15, 0.2) is 36.4 Å². The predicted octanol–water partition coefficient (Wildman–Crippen LogP) is 2.47. The molecular formula is C20H21ClN2O4. The van der Waals surface area contributed by atoms with E-state index in [0.29, 0.717) is 30.1 Å². The third-order valence-corrected chi connectivity index (χ3v) is 6.27. The minimum atomic E-state index is -0.945. The summed E-state index contributed by atoms with van der Waals surface area (Å²) in [6, 6.07) is 6.47. The van der Waals surface area contributed by atoms with Crippen molar-refractivity contribution in [1.29, 1.82) is 0 Å². The maximum absolute atomic E-state index is 12.9. The zero-order chi connectivity index (χ0) is 19.1. The number of fused-ring (bicyclic) bond motifs is 2. The fourth-order valence-electron chi connectivity index (χ4n) is 4.70. The van der Waals surface area contributed by atoms with E-state index < -0.39 is 23.8 Å². The highest BCUT2D eigenvalue weighted by molar-refractivity contribution is 6.33. The molecule has 2 aliphatic carbocycles. The van der Waals surface area contributed by atoms with Crippen LogP contribution in [0, 0.1) is 23.7 Å². The van der Waals surface area contributed by atoms with Crippen molar-refractivity contribution < 1.29 is 19.5 Å². The van der Waals surface area contributed by atoms with E-state index in [9.17, 15) is 19.5 Å². The lowest BCUT2D eigenvalue weighted by atomic mass is 9.82. The van der Waals surface area contributed by atoms with Crippen molar-refractivity contribution in [2.75, 3.05) is 11.4 Å². The smallest absolute Gasteiger partial charge is 0.307 e. The second-order valence-electron chi connectivity index (χ2n) is 7.48. The third kappa shape index (κ3) is 3.12. The van der Waals surface area contributed by atoms with Gasteiger partial charge in [-0.25, -0.2) is 0 Å². The molecule has 3 aliphatic rings. The van der Waals surface area contributed by atoms with Crippen molar-refractivity contribution in [3.8, 4) is 0 Å². The van der Waals surface area contributed by atoms with Crippen LogP contribution in [0.2, 0.25) is 5.02 Å². The number of carbonyl (C=O) groups excluding carboxylic acids is 2. The molecule has 1 saturated heterocycles. The SMILES string of the molecule is O=C(O)C1C2C=CC(C2)C1C(=O)NC1CCCN(c2ccccc2Cl)C1=O. The summed E-state index contributed by atoms with van der Waals surface area (Å²) < 4.78 is 0. The summed E-state index contributed by atoms with van der Waals surface area (Å²) in [4.78, 5) is 39.0. The highest BCUT2D eigenvalue weighted by Gasteiger charge is 2.52. The van der Waals surface area contributed by atoms with Gasteiger partial charge in [0.05, 0.1) is 22.5 Å². The number of hydrogen-bond acceptors (Lipinski definition) is 3. The molecule has 0 aromatic heterocycles. The molecule has 2 bridgehead atoms. The molecule has 1 saturated carbocycles. The first-order valence-electron chi connectivity index (χ1n) is 9.25. The summed E-state index contributed by atoms with van der Waals surface area (Å²) in [5.74, 6) is -2.95. The minimum absolute atomic E-state index is 0.0607. The summed E-state index contributed by atoms with van der Waals surface area (Å²) in [7, 11) is 0. The molecule has 1 aromatic carbocycles. The number of nitrogens with one attached hydrogen (secondary N) is 1. The van der Waals surface area contributed by atoms with Gasteiger partial charge in [-0.15, -0.1) is 0 Å². The first kappa shape index (κ1) is 18.0. The summed E-state index contributed by atoms with van der Waals surface area (Å²) >= 11 is 6.22. The Balaban J connectivity index is 1.50. The minimum Gasteiger partial charge on any atom is -0.481 e. The number of anilines is 1. The summed E-state index contributed by atoms with van der Waals surface area (Å²) in [6.07, 6.45) is 5.81. The van der Waals surface area contributed by atoms with E-state index in [2.05, 4.69) is 5.32 Å². The quantitative estimate of drug-likeness (QED) is 0.776. The lowest BCUT2D eigenvalue weighted by molar-refractivity contribution is -0.148. The van der Waals surface area contributed by atoms with E-state index in [0.717, 1.165) is 6.42 Å². The van der Waals surface area contributed by atoms with Crippen LogP contribution in [0.1, 0.15) is 19.3 Å². The fraction of sp³-hybridized carbons (Fsp3) is 0.450. The number of carboxylic acid groups (broad SMARTS) is 1. The molecule has 7 heteroatoms. The van der Waals surface area contributed by atoms with E-state index in [-0.39, 0.29) is 23.7 Å². The van der Waals surface area contributed by atoms with Gasteiger partial charge in [0.15, 0.2) is 0 Å². The van der Waals surface area contributed by atoms with Crippen LogP contribution in [0.4, 0.5) is 5.69 Å². The van der Waals surface area contributed by atoms with Gasteiger partial charge < -0.3 is 15.3 Å². The lowest BCUT2D eigenvalue weighted by Gasteiger charge is -2.34. The highest BCUT2D eigenvalue weighted by Crippen LogP contribution is 2.48. The molecule has 0 spiro atoms. The van der Waals surface area contributed by atoms with Crippen LogP contribution >= 0.6 is 11.6 Å². The maximum Gasteiger partial charge on any atom is 0.307 e. The van der Waals surface area contributed by atoms with E-state index in [1.807, 2.05) is 18.2 Å². The first-order valence-corrected chi connectivity index (χ1v) is 9.62. The van der Waals surface area contributed by atoms with Gasteiger partial charge in [0.1, 0.15) is 6.04 Å². The van der Waals surface area contributed by atoms with Crippen molar-refractivity contribution >= 4 is 35.1 Å². The van der Waals surface area contributed by atoms with Gasteiger partial charge in [-0.05, 0) is 43.2 Å². The molecule has 2 N–H and O–H groups in total. The number of piperidine rings is 1. The number of allylic oxidation sites excluding steroid dienone is 2. The fourth-order valence-corrected chi connectivity index (χ4v) is 4.94. The number of amides is 2. The van der Waals surface area contributed by atoms with Gasteiger partial charge in [0, 0.05) is 6.54 Å². The Morgan fingerprint density at radius 1 is 1.15 bits per heavy atom. The number of para-hydroxylation sites is 1. The van der Waals surface area contributed by atoms with Crippen LogP contribution in [0.5, 0.6) is 0 Å². The number of rotatable bonds is 4. The normalized spacial score (nSPS) is 32.0. The number of hydrogen-bond donors (Lipinski definition) is 2. The zero-order valence-corrected chi connectivity index (χ0v) is 15.4. The van der Waals surface area contributed by atoms with Gasteiger partial charge in [-0.2, -0.15) is 0 Å². The lowest BCUT2D eigenvalue weighted by Crippen LogP contribution is -2.54. The van der Waals surface area contributed by atoms with E-state index >= 15 is 0 Å². The summed E-state index contributed by atoms with van der Waals surface area (Å²) in [5.41, 5.74) is 0.634. The Morgan fingerprint density at radius 3 is 2.56 bits per heavy atom. The zero-order valence-electron chi connectivity index (χ0n) is 14.7. The van der Waals surface area contributed by atoms with E-state index in [4.69, 9.17) is 11.6 Å². The highest BCUT2D eigenvalue weighted by atomic mass is 35.5. The summed E-state index contributed by atoms with van der Waals surface area (Å²) in [5, 5.41) is 12.8. The number of benzene rings is 1. The molecule has 27 heavy (non-hydrogen) atoms. The molecule has 5 unspecified atom stereocenters. The molecule has 1 aromatic rings. The maximum atomic E-state index is 12.9.